The molecule has 0 bridgehead atoms. The first kappa shape index (κ1) is 19.7. The van der Waals surface area contributed by atoms with Crippen LogP contribution in [0.1, 0.15) is 17.3 Å². The predicted octanol–water partition coefficient (Wildman–Crippen LogP) is 0.912. The molecule has 3 N–H and O–H groups in total. The van der Waals surface area contributed by atoms with Crippen molar-refractivity contribution < 1.29 is 24.3 Å². The number of para-hydroxylation sites is 1. The van der Waals surface area contributed by atoms with E-state index in [-0.39, 0.29) is 18.3 Å². The number of hydrogen-bond donors (Lipinski definition) is 3. The third-order valence-corrected chi connectivity index (χ3v) is 4.79. The van der Waals surface area contributed by atoms with Crippen molar-refractivity contribution >= 4 is 23.3 Å². The van der Waals surface area contributed by atoms with Crippen molar-refractivity contribution in [1.29, 1.82) is 0 Å². The van der Waals surface area contributed by atoms with Crippen LogP contribution in [0.25, 0.3) is 0 Å². The van der Waals surface area contributed by atoms with Gasteiger partial charge in [0.05, 0.1) is 44.0 Å². The Morgan fingerprint density at radius 2 is 1.79 bits per heavy atom. The fourth-order valence-electron chi connectivity index (χ4n) is 3.32. The Labute approximate surface area is 164 Å². The molecule has 1 aliphatic heterocycles. The first-order chi connectivity index (χ1) is 13.6. The second-order valence-corrected chi connectivity index (χ2v) is 6.74. The lowest BCUT2D eigenvalue weighted by Crippen LogP contribution is -3.15. The third-order valence-electron chi connectivity index (χ3n) is 4.79. The predicted molar refractivity (Wildman–Crippen MR) is 107 cm³/mol. The van der Waals surface area contributed by atoms with Crippen LogP contribution in [0.4, 0.5) is 11.4 Å². The molecular weight excluding hydrogens is 358 g/mol. The van der Waals surface area contributed by atoms with E-state index in [0.29, 0.717) is 17.8 Å². The summed E-state index contributed by atoms with van der Waals surface area (Å²) in [6.07, 6.45) is 0. The van der Waals surface area contributed by atoms with Gasteiger partial charge < -0.3 is 25.0 Å². The number of rotatable bonds is 6. The summed E-state index contributed by atoms with van der Waals surface area (Å²) in [5.41, 5.74) is 1.92. The summed E-state index contributed by atoms with van der Waals surface area (Å²) in [5.74, 6) is -0.300. The van der Waals surface area contributed by atoms with E-state index in [1.54, 1.807) is 43.3 Å². The SMILES string of the molecule is CCOC(=O)c1ccccc1NC(=O)C[NH+]1CCN(c2ccc(O)cc2)CC1. The van der Waals surface area contributed by atoms with Crippen LogP contribution in [-0.2, 0) is 9.53 Å². The number of amides is 1. The molecule has 0 saturated carbocycles. The Kier molecular flexibility index (Phi) is 6.49. The van der Waals surface area contributed by atoms with Crippen LogP contribution in [0.2, 0.25) is 0 Å². The molecular formula is C21H26N3O4+. The van der Waals surface area contributed by atoms with Crippen LogP contribution in [0, 0.1) is 0 Å². The molecule has 1 amide bonds. The fourth-order valence-corrected chi connectivity index (χ4v) is 3.32. The number of hydrogen-bond acceptors (Lipinski definition) is 5. The monoisotopic (exact) mass is 384 g/mol. The lowest BCUT2D eigenvalue weighted by Gasteiger charge is -2.33. The van der Waals surface area contributed by atoms with Crippen LogP contribution in [-0.4, -0.2) is 56.3 Å². The molecule has 7 heteroatoms. The van der Waals surface area contributed by atoms with Crippen molar-refractivity contribution in [2.24, 2.45) is 0 Å². The van der Waals surface area contributed by atoms with Gasteiger partial charge in [-0.2, -0.15) is 0 Å². The van der Waals surface area contributed by atoms with E-state index in [2.05, 4.69) is 10.2 Å². The number of anilines is 2. The van der Waals surface area contributed by atoms with Crippen molar-refractivity contribution in [3.05, 3.63) is 54.1 Å². The lowest BCUT2D eigenvalue weighted by atomic mass is 10.1. The van der Waals surface area contributed by atoms with Crippen molar-refractivity contribution in [2.45, 2.75) is 6.92 Å². The number of esters is 1. The number of phenolic OH excluding ortho intramolecular Hbond substituents is 1. The number of nitrogens with zero attached hydrogens (tertiary/aromatic N) is 1. The molecule has 1 aliphatic rings. The van der Waals surface area contributed by atoms with E-state index in [1.807, 2.05) is 12.1 Å². The lowest BCUT2D eigenvalue weighted by molar-refractivity contribution is -0.892. The van der Waals surface area contributed by atoms with Crippen molar-refractivity contribution in [1.82, 2.24) is 0 Å². The third kappa shape index (κ3) is 5.01. The Hall–Kier alpha value is -3.06. The maximum absolute atomic E-state index is 12.5. The van der Waals surface area contributed by atoms with Crippen LogP contribution >= 0.6 is 0 Å². The zero-order valence-corrected chi connectivity index (χ0v) is 16.0. The molecule has 148 valence electrons. The quantitative estimate of drug-likeness (QED) is 0.645. The maximum Gasteiger partial charge on any atom is 0.340 e. The summed E-state index contributed by atoms with van der Waals surface area (Å²) in [4.78, 5) is 27.9. The summed E-state index contributed by atoms with van der Waals surface area (Å²) in [5, 5.41) is 12.2. The van der Waals surface area contributed by atoms with Gasteiger partial charge in [0.25, 0.3) is 5.91 Å². The first-order valence-corrected chi connectivity index (χ1v) is 9.50. The molecule has 0 atom stereocenters. The highest BCUT2D eigenvalue weighted by Gasteiger charge is 2.23. The number of phenols is 1. The number of nitrogens with one attached hydrogen (secondary N) is 2. The second kappa shape index (κ2) is 9.23. The largest absolute Gasteiger partial charge is 0.508 e. The van der Waals surface area contributed by atoms with Gasteiger partial charge in [-0.25, -0.2) is 4.79 Å². The Bertz CT molecular complexity index is 815. The molecule has 1 fully saturated rings. The van der Waals surface area contributed by atoms with Gasteiger partial charge in [0.1, 0.15) is 5.75 Å². The summed E-state index contributed by atoms with van der Waals surface area (Å²) in [7, 11) is 0. The fraction of sp³-hybridized carbons (Fsp3) is 0.333. The number of benzene rings is 2. The van der Waals surface area contributed by atoms with Crippen LogP contribution in [0.5, 0.6) is 5.75 Å². The average molecular weight is 384 g/mol. The van der Waals surface area contributed by atoms with E-state index in [4.69, 9.17) is 4.74 Å². The molecule has 0 unspecified atom stereocenters. The van der Waals surface area contributed by atoms with Gasteiger partial charge >= 0.3 is 5.97 Å². The smallest absolute Gasteiger partial charge is 0.340 e. The summed E-state index contributed by atoms with van der Waals surface area (Å²) in [6, 6.07) is 14.1. The molecule has 1 heterocycles. The highest BCUT2D eigenvalue weighted by Crippen LogP contribution is 2.18. The highest BCUT2D eigenvalue weighted by atomic mass is 16.5. The Balaban J connectivity index is 1.53. The number of carbonyl (C=O) groups is 2. The molecule has 2 aromatic carbocycles. The van der Waals surface area contributed by atoms with Crippen molar-refractivity contribution in [3.8, 4) is 5.75 Å². The zero-order chi connectivity index (χ0) is 19.9. The number of ether oxygens (including phenoxy) is 1. The van der Waals surface area contributed by atoms with Gasteiger partial charge in [0, 0.05) is 5.69 Å². The number of aromatic hydroxyl groups is 1. The number of quaternary nitrogens is 1. The molecule has 28 heavy (non-hydrogen) atoms. The summed E-state index contributed by atoms with van der Waals surface area (Å²) < 4.78 is 5.04. The standard InChI is InChI=1S/C21H25N3O4/c1-2-28-21(27)18-5-3-4-6-19(18)22-20(26)15-23-11-13-24(14-12-23)16-7-9-17(25)10-8-16/h3-10,25H,2,11-15H2,1H3,(H,22,26)/p+1. The second-order valence-electron chi connectivity index (χ2n) is 6.74. The zero-order valence-electron chi connectivity index (χ0n) is 16.0. The van der Waals surface area contributed by atoms with Gasteiger partial charge in [-0.1, -0.05) is 12.1 Å². The maximum atomic E-state index is 12.5. The van der Waals surface area contributed by atoms with Gasteiger partial charge in [-0.3, -0.25) is 4.79 Å². The minimum Gasteiger partial charge on any atom is -0.508 e. The van der Waals surface area contributed by atoms with E-state index in [0.717, 1.165) is 31.9 Å². The normalized spacial score (nSPS) is 14.5. The first-order valence-electron chi connectivity index (χ1n) is 9.50. The minimum absolute atomic E-state index is 0.121. The van der Waals surface area contributed by atoms with Crippen LogP contribution in [0.3, 0.4) is 0 Å². The molecule has 1 saturated heterocycles. The topological polar surface area (TPSA) is 83.3 Å². The molecule has 0 spiro atoms. The highest BCUT2D eigenvalue weighted by molar-refractivity contribution is 6.01. The molecule has 2 aromatic rings. The van der Waals surface area contributed by atoms with E-state index >= 15 is 0 Å². The van der Waals surface area contributed by atoms with Crippen LogP contribution in [0.15, 0.2) is 48.5 Å². The van der Waals surface area contributed by atoms with Gasteiger partial charge in [-0.05, 0) is 43.3 Å². The van der Waals surface area contributed by atoms with Gasteiger partial charge in [0.15, 0.2) is 6.54 Å². The minimum atomic E-state index is -0.437. The molecule has 0 aromatic heterocycles. The number of carbonyl (C=O) groups excluding carboxylic acids is 2. The van der Waals surface area contributed by atoms with E-state index in [1.165, 1.54) is 4.90 Å². The van der Waals surface area contributed by atoms with E-state index < -0.39 is 5.97 Å². The Morgan fingerprint density at radius 1 is 1.11 bits per heavy atom. The van der Waals surface area contributed by atoms with Crippen molar-refractivity contribution in [3.63, 3.8) is 0 Å². The molecule has 0 radical (unpaired) electrons. The average Bonchev–Trinajstić information content (AvgIpc) is 2.70. The van der Waals surface area contributed by atoms with Gasteiger partial charge in [0.2, 0.25) is 0 Å². The molecule has 3 rings (SSSR count). The summed E-state index contributed by atoms with van der Waals surface area (Å²) >= 11 is 0. The van der Waals surface area contributed by atoms with Crippen molar-refractivity contribution in [2.75, 3.05) is 49.5 Å². The Morgan fingerprint density at radius 3 is 2.46 bits per heavy atom. The van der Waals surface area contributed by atoms with Gasteiger partial charge in [-0.15, -0.1) is 0 Å². The number of piperazine rings is 1. The van der Waals surface area contributed by atoms with Crippen LogP contribution < -0.4 is 15.1 Å². The molecule has 7 nitrogen and oxygen atoms in total. The van der Waals surface area contributed by atoms with E-state index in [9.17, 15) is 14.7 Å². The summed E-state index contributed by atoms with van der Waals surface area (Å²) in [6.45, 7) is 5.75. The molecule has 0 aliphatic carbocycles.